The molecule has 0 aliphatic carbocycles. The number of hydrogen-bond acceptors (Lipinski definition) is 2. The number of nitrogens with one attached hydrogen (secondary N) is 1. The minimum absolute atomic E-state index is 0.0954. The lowest BCUT2D eigenvalue weighted by atomic mass is 10.1. The third-order valence-electron chi connectivity index (χ3n) is 4.29. The van der Waals surface area contributed by atoms with Crippen molar-refractivity contribution in [2.24, 2.45) is 0 Å². The first-order valence-corrected chi connectivity index (χ1v) is 8.68. The summed E-state index contributed by atoms with van der Waals surface area (Å²) < 4.78 is 26.5. The minimum Gasteiger partial charge on any atom is -0.322 e. The van der Waals surface area contributed by atoms with Crippen LogP contribution >= 0.6 is 11.6 Å². The summed E-state index contributed by atoms with van der Waals surface area (Å²) in [6.07, 6.45) is 3.71. The Morgan fingerprint density at radius 1 is 1.08 bits per heavy atom. The molecule has 1 amide bonds. The Kier molecular flexibility index (Phi) is 5.66. The highest BCUT2D eigenvalue weighted by atomic mass is 35.5. The van der Waals surface area contributed by atoms with Crippen molar-refractivity contribution < 1.29 is 13.6 Å². The summed E-state index contributed by atoms with van der Waals surface area (Å²) >= 11 is 5.85. The van der Waals surface area contributed by atoms with Gasteiger partial charge in [0.05, 0.1) is 10.6 Å². The van der Waals surface area contributed by atoms with Gasteiger partial charge in [0.15, 0.2) is 11.6 Å². The number of benzene rings is 2. The molecule has 6 heteroatoms. The summed E-state index contributed by atoms with van der Waals surface area (Å²) in [5.41, 5.74) is 1.60. The summed E-state index contributed by atoms with van der Waals surface area (Å²) in [7, 11) is 0. The molecule has 0 bridgehead atoms. The maximum atomic E-state index is 13.4. The van der Waals surface area contributed by atoms with Crippen molar-refractivity contribution in [3.8, 4) is 0 Å². The van der Waals surface area contributed by atoms with Gasteiger partial charge in [0.1, 0.15) is 0 Å². The monoisotopic (exact) mass is 364 g/mol. The van der Waals surface area contributed by atoms with E-state index in [4.69, 9.17) is 11.6 Å². The van der Waals surface area contributed by atoms with Gasteiger partial charge in [-0.05, 0) is 55.8 Å². The molecule has 0 spiro atoms. The van der Waals surface area contributed by atoms with Crippen LogP contribution in [0.3, 0.4) is 0 Å². The Morgan fingerprint density at radius 2 is 1.80 bits per heavy atom. The van der Waals surface area contributed by atoms with Gasteiger partial charge in [0, 0.05) is 12.2 Å². The standard InChI is InChI=1S/C19H19ClF2N2O/c20-16-11-18(22)17(21)10-15(16)19(25)23-14-6-4-5-13(9-14)12-24-7-2-1-3-8-24/h4-6,9-11H,1-3,7-8,12H2,(H,23,25). The number of rotatable bonds is 4. The molecule has 0 unspecified atom stereocenters. The number of likely N-dealkylation sites (tertiary alicyclic amines) is 1. The Morgan fingerprint density at radius 3 is 2.56 bits per heavy atom. The van der Waals surface area contributed by atoms with Crippen LogP contribution in [0, 0.1) is 11.6 Å². The number of halogens is 3. The quantitative estimate of drug-likeness (QED) is 0.786. The highest BCUT2D eigenvalue weighted by molar-refractivity contribution is 6.34. The number of carbonyl (C=O) groups is 1. The fourth-order valence-corrected chi connectivity index (χ4v) is 3.25. The molecule has 0 aromatic heterocycles. The lowest BCUT2D eigenvalue weighted by molar-refractivity contribution is 0.102. The van der Waals surface area contributed by atoms with E-state index in [9.17, 15) is 13.6 Å². The molecule has 0 radical (unpaired) electrons. The second-order valence-electron chi connectivity index (χ2n) is 6.24. The van der Waals surface area contributed by atoms with Gasteiger partial charge in [-0.3, -0.25) is 9.69 Å². The van der Waals surface area contributed by atoms with E-state index in [1.807, 2.05) is 18.2 Å². The first-order valence-electron chi connectivity index (χ1n) is 8.30. The zero-order chi connectivity index (χ0) is 17.8. The predicted octanol–water partition coefficient (Wildman–Crippen LogP) is 4.86. The maximum Gasteiger partial charge on any atom is 0.257 e. The molecule has 2 aromatic carbocycles. The van der Waals surface area contributed by atoms with E-state index in [1.165, 1.54) is 19.3 Å². The van der Waals surface area contributed by atoms with Gasteiger partial charge in [-0.1, -0.05) is 30.2 Å². The number of anilines is 1. The zero-order valence-electron chi connectivity index (χ0n) is 13.7. The van der Waals surface area contributed by atoms with Crippen LogP contribution in [-0.4, -0.2) is 23.9 Å². The van der Waals surface area contributed by atoms with E-state index < -0.39 is 17.5 Å². The minimum atomic E-state index is -1.10. The van der Waals surface area contributed by atoms with Crippen LogP contribution in [0.4, 0.5) is 14.5 Å². The summed E-state index contributed by atoms with van der Waals surface area (Å²) in [6, 6.07) is 9.13. The average Bonchev–Trinajstić information content (AvgIpc) is 2.59. The second kappa shape index (κ2) is 7.93. The summed E-state index contributed by atoms with van der Waals surface area (Å²) in [5.74, 6) is -2.75. The van der Waals surface area contributed by atoms with Crippen molar-refractivity contribution in [1.29, 1.82) is 0 Å². The van der Waals surface area contributed by atoms with Crippen molar-refractivity contribution in [3.63, 3.8) is 0 Å². The maximum absolute atomic E-state index is 13.4. The van der Waals surface area contributed by atoms with Crippen LogP contribution in [0.2, 0.25) is 5.02 Å². The van der Waals surface area contributed by atoms with Gasteiger partial charge >= 0.3 is 0 Å². The van der Waals surface area contributed by atoms with E-state index in [0.717, 1.165) is 37.3 Å². The number of nitrogens with zero attached hydrogens (tertiary/aromatic N) is 1. The highest BCUT2D eigenvalue weighted by Crippen LogP contribution is 2.22. The molecule has 0 saturated carbocycles. The number of piperidine rings is 1. The number of carbonyl (C=O) groups excluding carboxylic acids is 1. The zero-order valence-corrected chi connectivity index (χ0v) is 14.5. The summed E-state index contributed by atoms with van der Waals surface area (Å²) in [4.78, 5) is 14.7. The Bertz CT molecular complexity index is 776. The van der Waals surface area contributed by atoms with E-state index in [2.05, 4.69) is 10.2 Å². The van der Waals surface area contributed by atoms with Crippen LogP contribution in [0.1, 0.15) is 35.2 Å². The average molecular weight is 365 g/mol. The summed E-state index contributed by atoms with van der Waals surface area (Å²) in [6.45, 7) is 3.00. The van der Waals surface area contributed by atoms with Crippen LogP contribution < -0.4 is 5.32 Å². The second-order valence-corrected chi connectivity index (χ2v) is 6.64. The topological polar surface area (TPSA) is 32.3 Å². The van der Waals surface area contributed by atoms with E-state index in [1.54, 1.807) is 6.07 Å². The van der Waals surface area contributed by atoms with Crippen molar-refractivity contribution in [2.75, 3.05) is 18.4 Å². The van der Waals surface area contributed by atoms with Crippen LogP contribution in [0.15, 0.2) is 36.4 Å². The number of hydrogen-bond donors (Lipinski definition) is 1. The highest BCUT2D eigenvalue weighted by Gasteiger charge is 2.16. The van der Waals surface area contributed by atoms with Gasteiger partial charge in [-0.15, -0.1) is 0 Å². The third kappa shape index (κ3) is 4.55. The van der Waals surface area contributed by atoms with Crippen molar-refractivity contribution in [2.45, 2.75) is 25.8 Å². The van der Waals surface area contributed by atoms with Gasteiger partial charge < -0.3 is 5.32 Å². The Labute approximate surface area is 150 Å². The molecule has 0 atom stereocenters. The van der Waals surface area contributed by atoms with Crippen LogP contribution in [0.5, 0.6) is 0 Å². The van der Waals surface area contributed by atoms with Gasteiger partial charge in [-0.2, -0.15) is 0 Å². The molecule has 1 aliphatic heterocycles. The Hall–Kier alpha value is -1.98. The summed E-state index contributed by atoms with van der Waals surface area (Å²) in [5, 5.41) is 2.57. The van der Waals surface area contributed by atoms with Gasteiger partial charge in [0.2, 0.25) is 0 Å². The molecule has 1 N–H and O–H groups in total. The molecular formula is C19H19ClF2N2O. The molecule has 1 saturated heterocycles. The van der Waals surface area contributed by atoms with E-state index in [0.29, 0.717) is 5.69 Å². The largest absolute Gasteiger partial charge is 0.322 e. The van der Waals surface area contributed by atoms with Crippen molar-refractivity contribution in [3.05, 3.63) is 64.2 Å². The predicted molar refractivity (Wildman–Crippen MR) is 94.9 cm³/mol. The van der Waals surface area contributed by atoms with E-state index in [-0.39, 0.29) is 10.6 Å². The molecule has 3 nitrogen and oxygen atoms in total. The fourth-order valence-electron chi connectivity index (χ4n) is 3.02. The lowest BCUT2D eigenvalue weighted by Crippen LogP contribution is -2.29. The first-order chi connectivity index (χ1) is 12.0. The van der Waals surface area contributed by atoms with Crippen molar-refractivity contribution in [1.82, 2.24) is 4.90 Å². The molecule has 1 aliphatic rings. The SMILES string of the molecule is O=C(Nc1cccc(CN2CCCCC2)c1)c1cc(F)c(F)cc1Cl. The first kappa shape index (κ1) is 17.8. The third-order valence-corrected chi connectivity index (χ3v) is 4.61. The molecule has 1 heterocycles. The fraction of sp³-hybridized carbons (Fsp3) is 0.316. The Balaban J connectivity index is 1.71. The van der Waals surface area contributed by atoms with Crippen molar-refractivity contribution >= 4 is 23.2 Å². The molecule has 2 aromatic rings. The molecule has 1 fully saturated rings. The van der Waals surface area contributed by atoms with Crippen LogP contribution in [-0.2, 0) is 6.54 Å². The van der Waals surface area contributed by atoms with Gasteiger partial charge in [0.25, 0.3) is 5.91 Å². The molecule has 25 heavy (non-hydrogen) atoms. The molecular weight excluding hydrogens is 346 g/mol. The molecule has 132 valence electrons. The van der Waals surface area contributed by atoms with Crippen LogP contribution in [0.25, 0.3) is 0 Å². The normalized spacial score (nSPS) is 15.2. The van der Waals surface area contributed by atoms with Gasteiger partial charge in [-0.25, -0.2) is 8.78 Å². The molecule has 3 rings (SSSR count). The number of amides is 1. The smallest absolute Gasteiger partial charge is 0.257 e. The lowest BCUT2D eigenvalue weighted by Gasteiger charge is -2.26. The van der Waals surface area contributed by atoms with E-state index >= 15 is 0 Å².